The molecule has 0 rings (SSSR count). The fourth-order valence-corrected chi connectivity index (χ4v) is 1.09. The van der Waals surface area contributed by atoms with Gasteiger partial charge in [-0.3, -0.25) is 4.79 Å². The minimum Gasteiger partial charge on any atom is -0.359 e. The van der Waals surface area contributed by atoms with E-state index in [1.54, 1.807) is 7.05 Å². The monoisotopic (exact) mass is 200 g/mol. The molecule has 0 heterocycles. The second kappa shape index (κ2) is 6.82. The number of nitrogens with one attached hydrogen (secondary N) is 2. The quantitative estimate of drug-likeness (QED) is 0.614. The first-order valence-corrected chi connectivity index (χ1v) is 5.47. The van der Waals surface area contributed by atoms with Gasteiger partial charge in [0.15, 0.2) is 0 Å². The van der Waals surface area contributed by atoms with E-state index in [1.165, 1.54) is 0 Å². The minimum absolute atomic E-state index is 0.139. The SMILES string of the molecule is CCC(C)(C)NCCCCC(=O)NC. The number of hydrogen-bond acceptors (Lipinski definition) is 2. The highest BCUT2D eigenvalue weighted by Gasteiger charge is 2.12. The van der Waals surface area contributed by atoms with Crippen molar-refractivity contribution in [2.24, 2.45) is 0 Å². The molecule has 0 aromatic rings. The molecule has 0 radical (unpaired) electrons. The first-order valence-electron chi connectivity index (χ1n) is 5.47. The molecule has 0 fully saturated rings. The number of hydrogen-bond donors (Lipinski definition) is 2. The van der Waals surface area contributed by atoms with Crippen LogP contribution in [0.1, 0.15) is 46.5 Å². The zero-order chi connectivity index (χ0) is 11.0. The van der Waals surface area contributed by atoms with Gasteiger partial charge in [0, 0.05) is 19.0 Å². The predicted octanol–water partition coefficient (Wildman–Crippen LogP) is 1.68. The molecule has 0 bridgehead atoms. The Balaban J connectivity index is 3.34. The van der Waals surface area contributed by atoms with Gasteiger partial charge < -0.3 is 10.6 Å². The van der Waals surface area contributed by atoms with Crippen molar-refractivity contribution in [3.63, 3.8) is 0 Å². The van der Waals surface area contributed by atoms with Gasteiger partial charge in [0.05, 0.1) is 0 Å². The summed E-state index contributed by atoms with van der Waals surface area (Å²) in [5.41, 5.74) is 0.229. The zero-order valence-corrected chi connectivity index (χ0v) is 9.94. The Labute approximate surface area is 87.6 Å². The summed E-state index contributed by atoms with van der Waals surface area (Å²) in [6.45, 7) is 7.58. The predicted molar refractivity (Wildman–Crippen MR) is 60.3 cm³/mol. The van der Waals surface area contributed by atoms with Gasteiger partial charge in [0.25, 0.3) is 0 Å². The third kappa shape index (κ3) is 6.89. The Hall–Kier alpha value is -0.570. The van der Waals surface area contributed by atoms with Crippen LogP contribution in [0.3, 0.4) is 0 Å². The summed E-state index contributed by atoms with van der Waals surface area (Å²) in [5, 5.41) is 6.09. The Bertz CT molecular complexity index is 167. The molecule has 3 nitrogen and oxygen atoms in total. The first-order chi connectivity index (χ1) is 6.52. The molecule has 0 aromatic carbocycles. The summed E-state index contributed by atoms with van der Waals surface area (Å²) in [7, 11) is 1.68. The summed E-state index contributed by atoms with van der Waals surface area (Å²) < 4.78 is 0. The maximum atomic E-state index is 10.9. The zero-order valence-electron chi connectivity index (χ0n) is 9.94. The Kier molecular flexibility index (Phi) is 6.54. The maximum absolute atomic E-state index is 10.9. The van der Waals surface area contributed by atoms with Crippen LogP contribution < -0.4 is 10.6 Å². The van der Waals surface area contributed by atoms with E-state index in [-0.39, 0.29) is 11.4 Å². The summed E-state index contributed by atoms with van der Waals surface area (Å²) >= 11 is 0. The van der Waals surface area contributed by atoms with Gasteiger partial charge in [0.2, 0.25) is 5.91 Å². The number of carbonyl (C=O) groups is 1. The molecule has 3 heteroatoms. The molecule has 1 amide bonds. The average Bonchev–Trinajstić information content (AvgIpc) is 2.17. The van der Waals surface area contributed by atoms with Crippen LogP contribution in [0.2, 0.25) is 0 Å². The van der Waals surface area contributed by atoms with Gasteiger partial charge in [0.1, 0.15) is 0 Å². The molecule has 0 unspecified atom stereocenters. The van der Waals surface area contributed by atoms with Crippen molar-refractivity contribution in [3.8, 4) is 0 Å². The molecule has 0 saturated carbocycles. The van der Waals surface area contributed by atoms with Crippen molar-refractivity contribution >= 4 is 5.91 Å². The van der Waals surface area contributed by atoms with Gasteiger partial charge in [-0.2, -0.15) is 0 Å². The Morgan fingerprint density at radius 2 is 1.93 bits per heavy atom. The molecule has 84 valence electrons. The topological polar surface area (TPSA) is 41.1 Å². The van der Waals surface area contributed by atoms with Gasteiger partial charge in [-0.15, -0.1) is 0 Å². The van der Waals surface area contributed by atoms with E-state index in [4.69, 9.17) is 0 Å². The van der Waals surface area contributed by atoms with E-state index in [9.17, 15) is 4.79 Å². The third-order valence-electron chi connectivity index (χ3n) is 2.60. The second-order valence-electron chi connectivity index (χ2n) is 4.29. The third-order valence-corrected chi connectivity index (χ3v) is 2.60. The van der Waals surface area contributed by atoms with Crippen LogP contribution in [0.5, 0.6) is 0 Å². The lowest BCUT2D eigenvalue weighted by Gasteiger charge is -2.24. The second-order valence-corrected chi connectivity index (χ2v) is 4.29. The number of amides is 1. The summed E-state index contributed by atoms with van der Waals surface area (Å²) in [5.74, 6) is 0.139. The van der Waals surface area contributed by atoms with E-state index >= 15 is 0 Å². The summed E-state index contributed by atoms with van der Waals surface area (Å²) in [6.07, 6.45) is 3.80. The van der Waals surface area contributed by atoms with Crippen LogP contribution in [0.25, 0.3) is 0 Å². The van der Waals surface area contributed by atoms with Crippen LogP contribution >= 0.6 is 0 Å². The normalized spacial score (nSPS) is 11.4. The van der Waals surface area contributed by atoms with Crippen molar-refractivity contribution in [1.82, 2.24) is 10.6 Å². The highest BCUT2D eigenvalue weighted by atomic mass is 16.1. The highest BCUT2D eigenvalue weighted by molar-refractivity contribution is 5.75. The molecular formula is C11H24N2O. The number of rotatable bonds is 7. The van der Waals surface area contributed by atoms with Crippen molar-refractivity contribution in [2.45, 2.75) is 52.0 Å². The summed E-state index contributed by atoms with van der Waals surface area (Å²) in [4.78, 5) is 10.9. The van der Waals surface area contributed by atoms with Crippen LogP contribution in [0, 0.1) is 0 Å². The van der Waals surface area contributed by atoms with Gasteiger partial charge >= 0.3 is 0 Å². The number of carbonyl (C=O) groups excluding carboxylic acids is 1. The van der Waals surface area contributed by atoms with Crippen LogP contribution in [-0.2, 0) is 4.79 Å². The molecule has 0 aliphatic rings. The standard InChI is InChI=1S/C11H24N2O/c1-5-11(2,3)13-9-7-6-8-10(14)12-4/h13H,5-9H2,1-4H3,(H,12,14). The lowest BCUT2D eigenvalue weighted by molar-refractivity contribution is -0.120. The van der Waals surface area contributed by atoms with Crippen LogP contribution in [0.4, 0.5) is 0 Å². The van der Waals surface area contributed by atoms with E-state index in [1.807, 2.05) is 0 Å². The Morgan fingerprint density at radius 3 is 2.43 bits per heavy atom. The smallest absolute Gasteiger partial charge is 0.219 e. The summed E-state index contributed by atoms with van der Waals surface area (Å²) in [6, 6.07) is 0. The van der Waals surface area contributed by atoms with Crippen molar-refractivity contribution in [3.05, 3.63) is 0 Å². The first kappa shape index (κ1) is 13.4. The molecule has 2 N–H and O–H groups in total. The fraction of sp³-hybridized carbons (Fsp3) is 0.909. The average molecular weight is 200 g/mol. The van der Waals surface area contributed by atoms with Crippen molar-refractivity contribution < 1.29 is 4.79 Å². The molecule has 0 atom stereocenters. The van der Waals surface area contributed by atoms with Gasteiger partial charge in [-0.25, -0.2) is 0 Å². The number of unbranched alkanes of at least 4 members (excludes halogenated alkanes) is 1. The van der Waals surface area contributed by atoms with E-state index in [2.05, 4.69) is 31.4 Å². The molecule has 14 heavy (non-hydrogen) atoms. The van der Waals surface area contributed by atoms with Crippen molar-refractivity contribution in [2.75, 3.05) is 13.6 Å². The molecular weight excluding hydrogens is 176 g/mol. The lowest BCUT2D eigenvalue weighted by atomic mass is 10.0. The maximum Gasteiger partial charge on any atom is 0.219 e. The van der Waals surface area contributed by atoms with E-state index in [0.29, 0.717) is 6.42 Å². The van der Waals surface area contributed by atoms with Gasteiger partial charge in [-0.05, 0) is 39.7 Å². The Morgan fingerprint density at radius 1 is 1.29 bits per heavy atom. The largest absolute Gasteiger partial charge is 0.359 e. The molecule has 0 aromatic heterocycles. The lowest BCUT2D eigenvalue weighted by Crippen LogP contribution is -2.39. The molecule has 0 saturated heterocycles. The molecule has 0 spiro atoms. The van der Waals surface area contributed by atoms with Gasteiger partial charge in [-0.1, -0.05) is 6.92 Å². The van der Waals surface area contributed by atoms with Crippen molar-refractivity contribution in [1.29, 1.82) is 0 Å². The fourth-order valence-electron chi connectivity index (χ4n) is 1.09. The highest BCUT2D eigenvalue weighted by Crippen LogP contribution is 2.06. The van der Waals surface area contributed by atoms with E-state index in [0.717, 1.165) is 25.8 Å². The van der Waals surface area contributed by atoms with Crippen LogP contribution in [-0.4, -0.2) is 25.0 Å². The van der Waals surface area contributed by atoms with E-state index < -0.39 is 0 Å². The minimum atomic E-state index is 0.139. The molecule has 0 aliphatic carbocycles. The molecule has 0 aliphatic heterocycles. The van der Waals surface area contributed by atoms with Crippen LogP contribution in [0.15, 0.2) is 0 Å².